The van der Waals surface area contributed by atoms with Crippen LogP contribution in [0.2, 0.25) is 0 Å². The second-order valence-corrected chi connectivity index (χ2v) is 3.89. The van der Waals surface area contributed by atoms with Gasteiger partial charge in [-0.15, -0.1) is 0 Å². The molecule has 1 saturated heterocycles. The lowest BCUT2D eigenvalue weighted by atomic mass is 10.0. The Labute approximate surface area is 91.9 Å². The maximum absolute atomic E-state index is 11.8. The van der Waals surface area contributed by atoms with Gasteiger partial charge in [0.1, 0.15) is 0 Å². The maximum Gasteiger partial charge on any atom is 0.310 e. The minimum absolute atomic E-state index is 0.210. The van der Waals surface area contributed by atoms with Gasteiger partial charge in [-0.2, -0.15) is 0 Å². The number of aromatic nitrogens is 1. The van der Waals surface area contributed by atoms with E-state index >= 15 is 0 Å². The van der Waals surface area contributed by atoms with E-state index in [1.165, 1.54) is 4.90 Å². The molecular weight excluding hydrogens is 212 g/mol. The van der Waals surface area contributed by atoms with Crippen LogP contribution in [0.3, 0.4) is 0 Å². The molecular formula is C10H12N2O4. The number of carboxylic acid groups (broad SMARTS) is 1. The number of aryl methyl sites for hydroxylation is 2. The number of nitrogens with zero attached hydrogens (tertiary/aromatic N) is 2. The van der Waals surface area contributed by atoms with Gasteiger partial charge in [-0.1, -0.05) is 0 Å². The Balaban J connectivity index is 2.05. The Hall–Kier alpha value is -1.85. The predicted octanol–water partition coefficient (Wildman–Crippen LogP) is 0.448. The molecule has 0 radical (unpaired) electrons. The van der Waals surface area contributed by atoms with E-state index < -0.39 is 11.9 Å². The van der Waals surface area contributed by atoms with Crippen LogP contribution in [0, 0.1) is 19.8 Å². The van der Waals surface area contributed by atoms with Crippen LogP contribution >= 0.6 is 0 Å². The molecule has 0 unspecified atom stereocenters. The molecule has 2 rings (SSSR count). The van der Waals surface area contributed by atoms with Gasteiger partial charge >= 0.3 is 5.97 Å². The number of aliphatic carboxylic acids is 1. The van der Waals surface area contributed by atoms with Crippen molar-refractivity contribution in [1.29, 1.82) is 0 Å². The van der Waals surface area contributed by atoms with Crippen LogP contribution < -0.4 is 0 Å². The fraction of sp³-hybridized carbons (Fsp3) is 0.500. The molecule has 1 N–H and O–H groups in total. The molecule has 6 heteroatoms. The van der Waals surface area contributed by atoms with Crippen LogP contribution in [0.1, 0.15) is 22.1 Å². The lowest BCUT2D eigenvalue weighted by molar-refractivity contribution is -0.146. The Kier molecular flexibility index (Phi) is 2.41. The summed E-state index contributed by atoms with van der Waals surface area (Å²) >= 11 is 0. The number of hydrogen-bond donors (Lipinski definition) is 1. The molecule has 0 spiro atoms. The Morgan fingerprint density at radius 2 is 2.06 bits per heavy atom. The van der Waals surface area contributed by atoms with E-state index in [0.717, 1.165) is 0 Å². The molecule has 0 aliphatic carbocycles. The summed E-state index contributed by atoms with van der Waals surface area (Å²) in [6, 6.07) is 0. The number of carboxylic acids is 1. The first-order valence-corrected chi connectivity index (χ1v) is 4.95. The summed E-state index contributed by atoms with van der Waals surface area (Å²) in [5, 5.41) is 8.69. The third-order valence-electron chi connectivity index (χ3n) is 2.62. The first-order valence-electron chi connectivity index (χ1n) is 4.95. The van der Waals surface area contributed by atoms with Gasteiger partial charge in [0, 0.05) is 20.0 Å². The van der Waals surface area contributed by atoms with Crippen LogP contribution in [-0.4, -0.2) is 40.0 Å². The first kappa shape index (κ1) is 10.7. The van der Waals surface area contributed by atoms with Gasteiger partial charge in [0.05, 0.1) is 11.6 Å². The number of oxazole rings is 1. The second-order valence-electron chi connectivity index (χ2n) is 3.89. The number of hydrogen-bond acceptors (Lipinski definition) is 4. The average Bonchev–Trinajstić information content (AvgIpc) is 2.41. The quantitative estimate of drug-likeness (QED) is 0.788. The zero-order valence-electron chi connectivity index (χ0n) is 9.06. The van der Waals surface area contributed by atoms with Gasteiger partial charge in [0.2, 0.25) is 5.76 Å². The molecule has 1 amide bonds. The molecule has 2 heterocycles. The van der Waals surface area contributed by atoms with Crippen molar-refractivity contribution in [3.8, 4) is 0 Å². The van der Waals surface area contributed by atoms with E-state index in [4.69, 9.17) is 9.52 Å². The molecule has 16 heavy (non-hydrogen) atoms. The lowest BCUT2D eigenvalue weighted by Crippen LogP contribution is -2.53. The van der Waals surface area contributed by atoms with Crippen molar-refractivity contribution in [2.45, 2.75) is 13.8 Å². The Morgan fingerprint density at radius 1 is 1.44 bits per heavy atom. The molecule has 0 atom stereocenters. The average molecular weight is 224 g/mol. The van der Waals surface area contributed by atoms with Crippen molar-refractivity contribution in [3.05, 3.63) is 17.3 Å². The highest BCUT2D eigenvalue weighted by Gasteiger charge is 2.37. The Morgan fingerprint density at radius 3 is 2.50 bits per heavy atom. The van der Waals surface area contributed by atoms with E-state index in [1.54, 1.807) is 13.8 Å². The molecule has 0 saturated carbocycles. The standard InChI is InChI=1S/C10H12N2O4/c1-5-8(16-6(2)11-5)9(13)12-3-7(4-12)10(14)15/h7H,3-4H2,1-2H3,(H,14,15). The smallest absolute Gasteiger partial charge is 0.310 e. The summed E-state index contributed by atoms with van der Waals surface area (Å²) in [4.78, 5) is 27.9. The zero-order valence-corrected chi connectivity index (χ0v) is 9.06. The summed E-state index contributed by atoms with van der Waals surface area (Å²) in [6.07, 6.45) is 0. The van der Waals surface area contributed by atoms with Crippen molar-refractivity contribution in [2.75, 3.05) is 13.1 Å². The fourth-order valence-electron chi connectivity index (χ4n) is 1.67. The first-order chi connectivity index (χ1) is 7.49. The van der Waals surface area contributed by atoms with E-state index in [-0.39, 0.29) is 24.8 Å². The van der Waals surface area contributed by atoms with Gasteiger partial charge in [-0.3, -0.25) is 9.59 Å². The summed E-state index contributed by atoms with van der Waals surface area (Å²) in [5.74, 6) is -0.948. The van der Waals surface area contributed by atoms with Gasteiger partial charge in [-0.25, -0.2) is 4.98 Å². The van der Waals surface area contributed by atoms with Gasteiger partial charge < -0.3 is 14.4 Å². The van der Waals surface area contributed by atoms with Gasteiger partial charge in [-0.05, 0) is 6.92 Å². The summed E-state index contributed by atoms with van der Waals surface area (Å²) in [6.45, 7) is 3.85. The number of likely N-dealkylation sites (tertiary alicyclic amines) is 1. The Bertz CT molecular complexity index is 446. The fourth-order valence-corrected chi connectivity index (χ4v) is 1.67. The minimum atomic E-state index is -0.866. The highest BCUT2D eigenvalue weighted by Crippen LogP contribution is 2.20. The van der Waals surface area contributed by atoms with Crippen molar-refractivity contribution in [2.24, 2.45) is 5.92 Å². The number of amides is 1. The van der Waals surface area contributed by atoms with Crippen LogP contribution in [0.4, 0.5) is 0 Å². The van der Waals surface area contributed by atoms with Crippen LogP contribution in [0.5, 0.6) is 0 Å². The van der Waals surface area contributed by atoms with Crippen LogP contribution in [-0.2, 0) is 4.79 Å². The maximum atomic E-state index is 11.8. The van der Waals surface area contributed by atoms with E-state index in [0.29, 0.717) is 11.6 Å². The number of rotatable bonds is 2. The van der Waals surface area contributed by atoms with Crippen LogP contribution in [0.25, 0.3) is 0 Å². The molecule has 86 valence electrons. The van der Waals surface area contributed by atoms with Gasteiger partial charge in [0.25, 0.3) is 5.91 Å². The monoisotopic (exact) mass is 224 g/mol. The zero-order chi connectivity index (χ0) is 11.9. The third kappa shape index (κ3) is 1.66. The van der Waals surface area contributed by atoms with E-state index in [9.17, 15) is 9.59 Å². The topological polar surface area (TPSA) is 83.6 Å². The number of carbonyl (C=O) groups is 2. The van der Waals surface area contributed by atoms with E-state index in [1.807, 2.05) is 0 Å². The normalized spacial score (nSPS) is 16.0. The predicted molar refractivity (Wildman–Crippen MR) is 53.0 cm³/mol. The highest BCUT2D eigenvalue weighted by molar-refractivity contribution is 5.94. The van der Waals surface area contributed by atoms with Gasteiger partial charge in [0.15, 0.2) is 5.89 Å². The second kappa shape index (κ2) is 3.62. The molecule has 0 bridgehead atoms. The third-order valence-corrected chi connectivity index (χ3v) is 2.62. The summed E-state index contributed by atoms with van der Waals surface area (Å²) in [5.41, 5.74) is 0.543. The molecule has 1 aliphatic rings. The van der Waals surface area contributed by atoms with Crippen molar-refractivity contribution < 1.29 is 19.1 Å². The number of carbonyl (C=O) groups excluding carboxylic acids is 1. The molecule has 1 fully saturated rings. The van der Waals surface area contributed by atoms with Crippen molar-refractivity contribution >= 4 is 11.9 Å². The molecule has 1 aromatic heterocycles. The summed E-state index contributed by atoms with van der Waals surface area (Å²) < 4.78 is 5.18. The van der Waals surface area contributed by atoms with E-state index in [2.05, 4.69) is 4.98 Å². The molecule has 1 aliphatic heterocycles. The largest absolute Gasteiger partial charge is 0.481 e. The van der Waals surface area contributed by atoms with Crippen molar-refractivity contribution in [3.63, 3.8) is 0 Å². The molecule has 6 nitrogen and oxygen atoms in total. The lowest BCUT2D eigenvalue weighted by Gasteiger charge is -2.35. The summed E-state index contributed by atoms with van der Waals surface area (Å²) in [7, 11) is 0. The molecule has 0 aromatic carbocycles. The van der Waals surface area contributed by atoms with Crippen molar-refractivity contribution in [1.82, 2.24) is 9.88 Å². The van der Waals surface area contributed by atoms with Crippen LogP contribution in [0.15, 0.2) is 4.42 Å². The minimum Gasteiger partial charge on any atom is -0.481 e. The molecule has 1 aromatic rings. The highest BCUT2D eigenvalue weighted by atomic mass is 16.4. The SMILES string of the molecule is Cc1nc(C)c(C(=O)N2CC(C(=O)O)C2)o1.